The third-order valence-electron chi connectivity index (χ3n) is 8.02. The van der Waals surface area contributed by atoms with Crippen LogP contribution in [0.4, 0.5) is 14.5 Å². The van der Waals surface area contributed by atoms with Gasteiger partial charge >= 0.3 is 0 Å². The van der Waals surface area contributed by atoms with E-state index < -0.39 is 11.6 Å². The molecule has 7 rings (SSSR count). The average Bonchev–Trinajstić information content (AvgIpc) is 3.31. The third-order valence-corrected chi connectivity index (χ3v) is 8.02. The molecule has 5 aliphatic rings. The number of benzene rings is 1. The summed E-state index contributed by atoms with van der Waals surface area (Å²) in [6.45, 7) is 0. The van der Waals surface area contributed by atoms with Crippen LogP contribution < -0.4 is 4.90 Å². The number of aryl methyl sites for hydroxylation is 1. The summed E-state index contributed by atoms with van der Waals surface area (Å²) in [5, 5.41) is 7.48. The van der Waals surface area contributed by atoms with E-state index in [2.05, 4.69) is 10.2 Å². The maximum atomic E-state index is 14.2. The van der Waals surface area contributed by atoms with Gasteiger partial charge in [-0.2, -0.15) is 5.10 Å². The number of anilines is 1. The van der Waals surface area contributed by atoms with Crippen LogP contribution in [-0.4, -0.2) is 21.6 Å². The molecule has 0 aliphatic heterocycles. The number of carbonyl (C=O) groups excluding carboxylic acids is 1. The number of rotatable bonds is 3. The molecule has 0 radical (unpaired) electrons. The number of hydrogen-bond donors (Lipinski definition) is 1. The summed E-state index contributed by atoms with van der Waals surface area (Å²) >= 11 is 0. The molecule has 4 saturated carbocycles. The minimum absolute atomic E-state index is 0.149. The van der Waals surface area contributed by atoms with Crippen molar-refractivity contribution in [1.82, 2.24) is 10.2 Å². The number of nitrogens with one attached hydrogen (secondary N) is 1. The fraction of sp³-hybridized carbons (Fsp3) is 0.565. The lowest BCUT2D eigenvalue weighted by Gasteiger charge is -2.43. The lowest BCUT2D eigenvalue weighted by molar-refractivity contribution is 0.0933. The molecule has 4 bridgehead atoms. The van der Waals surface area contributed by atoms with Gasteiger partial charge in [0.1, 0.15) is 0 Å². The molecule has 5 aliphatic carbocycles. The van der Waals surface area contributed by atoms with Crippen LogP contribution >= 0.6 is 0 Å². The SMILES string of the molecule is O=C(c1n[nH]c2c1CCCC2)N(c1ccc(F)c(F)c1)C12CC3CC(CC1C3)C2. The number of aromatic amines is 1. The van der Waals surface area contributed by atoms with Gasteiger partial charge in [-0.05, 0) is 87.7 Å². The molecular weight excluding hydrogens is 372 g/mol. The topological polar surface area (TPSA) is 49.0 Å². The van der Waals surface area contributed by atoms with Gasteiger partial charge in [-0.3, -0.25) is 9.89 Å². The maximum absolute atomic E-state index is 14.2. The van der Waals surface area contributed by atoms with Crippen molar-refractivity contribution < 1.29 is 13.6 Å². The summed E-state index contributed by atoms with van der Waals surface area (Å²) in [5.74, 6) is -0.212. The molecule has 1 heterocycles. The Balaban J connectivity index is 1.48. The monoisotopic (exact) mass is 397 g/mol. The van der Waals surface area contributed by atoms with E-state index in [1.807, 2.05) is 4.90 Å². The number of nitrogens with zero attached hydrogens (tertiary/aromatic N) is 2. The Hall–Kier alpha value is -2.24. The van der Waals surface area contributed by atoms with Crippen LogP contribution in [0.5, 0.6) is 0 Å². The van der Waals surface area contributed by atoms with Gasteiger partial charge in [-0.15, -0.1) is 0 Å². The van der Waals surface area contributed by atoms with Crippen molar-refractivity contribution in [2.24, 2.45) is 17.8 Å². The molecule has 2 aromatic rings. The highest BCUT2D eigenvalue weighted by molar-refractivity contribution is 6.07. The van der Waals surface area contributed by atoms with Crippen molar-refractivity contribution in [3.05, 3.63) is 46.8 Å². The quantitative estimate of drug-likeness (QED) is 0.809. The van der Waals surface area contributed by atoms with E-state index >= 15 is 0 Å². The molecule has 1 aromatic carbocycles. The fourth-order valence-electron chi connectivity index (χ4n) is 7.08. The van der Waals surface area contributed by atoms with Gasteiger partial charge < -0.3 is 4.90 Å². The lowest BCUT2D eigenvalue weighted by Crippen LogP contribution is -2.53. The van der Waals surface area contributed by atoms with E-state index in [9.17, 15) is 13.6 Å². The number of halogens is 2. The number of carbonyl (C=O) groups is 1. The lowest BCUT2D eigenvalue weighted by atomic mass is 9.79. The first-order chi connectivity index (χ1) is 14.0. The van der Waals surface area contributed by atoms with Crippen molar-refractivity contribution in [2.75, 3.05) is 4.90 Å². The Bertz CT molecular complexity index is 986. The second-order valence-electron chi connectivity index (χ2n) is 9.62. The summed E-state index contributed by atoms with van der Waals surface area (Å²) in [4.78, 5) is 15.8. The third kappa shape index (κ3) is 2.47. The summed E-state index contributed by atoms with van der Waals surface area (Å²) in [6.07, 6.45) is 9.37. The molecule has 2 atom stereocenters. The summed E-state index contributed by atoms with van der Waals surface area (Å²) < 4.78 is 27.9. The number of H-pyrrole nitrogens is 1. The normalized spacial score (nSPS) is 31.9. The van der Waals surface area contributed by atoms with Crippen LogP contribution in [0, 0.1) is 29.4 Å². The molecule has 152 valence electrons. The van der Waals surface area contributed by atoms with Crippen LogP contribution in [0.3, 0.4) is 0 Å². The Morgan fingerprint density at radius 3 is 2.59 bits per heavy atom. The second kappa shape index (κ2) is 6.13. The largest absolute Gasteiger partial charge is 0.300 e. The number of fused-ring (bicyclic) bond motifs is 1. The molecule has 4 nitrogen and oxygen atoms in total. The Kier molecular flexibility index (Phi) is 3.72. The van der Waals surface area contributed by atoms with Crippen molar-refractivity contribution in [1.29, 1.82) is 0 Å². The van der Waals surface area contributed by atoms with Gasteiger partial charge in [0.05, 0.1) is 5.54 Å². The molecule has 1 aromatic heterocycles. The Morgan fingerprint density at radius 1 is 1.07 bits per heavy atom. The first-order valence-electron chi connectivity index (χ1n) is 10.9. The van der Waals surface area contributed by atoms with Gasteiger partial charge in [0.15, 0.2) is 17.3 Å². The predicted molar refractivity (Wildman–Crippen MR) is 105 cm³/mol. The van der Waals surface area contributed by atoms with Gasteiger partial charge in [0, 0.05) is 23.0 Å². The standard InChI is InChI=1S/C23H25F2N3O/c24-18-6-5-16(10-19(18)25)28(23-11-13-7-14(12-23)9-15(23)8-13)22(29)21-17-3-1-2-4-20(17)26-27-21/h5-6,10,13-15H,1-4,7-9,11-12H2,(H,26,27). The van der Waals surface area contributed by atoms with Gasteiger partial charge in [-0.25, -0.2) is 8.78 Å². The Labute approximate surface area is 168 Å². The highest BCUT2D eigenvalue weighted by Crippen LogP contribution is 2.63. The highest BCUT2D eigenvalue weighted by atomic mass is 19.2. The molecule has 1 N–H and O–H groups in total. The summed E-state index contributed by atoms with van der Waals surface area (Å²) in [7, 11) is 0. The van der Waals surface area contributed by atoms with E-state index in [1.165, 1.54) is 12.5 Å². The zero-order chi connectivity index (χ0) is 19.8. The smallest absolute Gasteiger partial charge is 0.279 e. The summed E-state index contributed by atoms with van der Waals surface area (Å²) in [6, 6.07) is 3.89. The minimum Gasteiger partial charge on any atom is -0.300 e. The molecular formula is C23H25F2N3O. The van der Waals surface area contributed by atoms with E-state index in [-0.39, 0.29) is 11.4 Å². The first-order valence-corrected chi connectivity index (χ1v) is 10.9. The molecule has 1 amide bonds. The van der Waals surface area contributed by atoms with E-state index in [4.69, 9.17) is 0 Å². The molecule has 6 heteroatoms. The van der Waals surface area contributed by atoms with Crippen LogP contribution in [-0.2, 0) is 12.8 Å². The van der Waals surface area contributed by atoms with Crippen molar-refractivity contribution in [3.8, 4) is 0 Å². The predicted octanol–water partition coefficient (Wildman–Crippen LogP) is 4.79. The maximum Gasteiger partial charge on any atom is 0.279 e. The van der Waals surface area contributed by atoms with Crippen LogP contribution in [0.1, 0.15) is 66.7 Å². The number of amides is 1. The molecule has 4 fully saturated rings. The van der Waals surface area contributed by atoms with Crippen LogP contribution in [0.2, 0.25) is 0 Å². The van der Waals surface area contributed by atoms with Crippen LogP contribution in [0.15, 0.2) is 18.2 Å². The molecule has 29 heavy (non-hydrogen) atoms. The minimum atomic E-state index is -0.904. The van der Waals surface area contributed by atoms with Gasteiger partial charge in [0.25, 0.3) is 5.91 Å². The molecule has 2 unspecified atom stereocenters. The van der Waals surface area contributed by atoms with Gasteiger partial charge in [0.2, 0.25) is 0 Å². The fourth-order valence-corrected chi connectivity index (χ4v) is 7.08. The Morgan fingerprint density at radius 2 is 1.83 bits per heavy atom. The average molecular weight is 397 g/mol. The number of aromatic nitrogens is 2. The first kappa shape index (κ1) is 17.6. The van der Waals surface area contributed by atoms with E-state index in [0.717, 1.165) is 68.7 Å². The van der Waals surface area contributed by atoms with Crippen molar-refractivity contribution >= 4 is 11.6 Å². The second-order valence-corrected chi connectivity index (χ2v) is 9.62. The van der Waals surface area contributed by atoms with E-state index in [1.54, 1.807) is 6.07 Å². The van der Waals surface area contributed by atoms with E-state index in [0.29, 0.717) is 29.1 Å². The molecule has 0 saturated heterocycles. The van der Waals surface area contributed by atoms with Crippen molar-refractivity contribution in [2.45, 2.75) is 63.3 Å². The van der Waals surface area contributed by atoms with Gasteiger partial charge in [-0.1, -0.05) is 0 Å². The number of hydrogen-bond acceptors (Lipinski definition) is 2. The zero-order valence-corrected chi connectivity index (χ0v) is 16.4. The van der Waals surface area contributed by atoms with Crippen LogP contribution in [0.25, 0.3) is 0 Å². The molecule has 0 spiro atoms. The zero-order valence-electron chi connectivity index (χ0n) is 16.4. The summed E-state index contributed by atoms with van der Waals surface area (Å²) in [5.41, 5.74) is 2.73. The van der Waals surface area contributed by atoms with Crippen molar-refractivity contribution in [3.63, 3.8) is 0 Å². The highest BCUT2D eigenvalue weighted by Gasteiger charge is 2.62.